The molecule has 0 aromatic carbocycles. The predicted molar refractivity (Wildman–Crippen MR) is 99.6 cm³/mol. The van der Waals surface area contributed by atoms with Crippen molar-refractivity contribution in [3.8, 4) is 0 Å². The average molecular weight is 357 g/mol. The number of carbonyl (C=O) groups is 2. The van der Waals surface area contributed by atoms with Crippen LogP contribution in [0, 0.1) is 5.41 Å². The fraction of sp³-hybridized carbons (Fsp3) is 0.579. The van der Waals surface area contributed by atoms with Crippen LogP contribution in [0.15, 0.2) is 18.3 Å². The van der Waals surface area contributed by atoms with Gasteiger partial charge in [0.05, 0.1) is 12.2 Å². The van der Waals surface area contributed by atoms with E-state index in [4.69, 9.17) is 5.10 Å². The second-order valence-corrected chi connectivity index (χ2v) is 7.94. The number of nitrogens with one attached hydrogen (secondary N) is 1. The zero-order valence-electron chi connectivity index (χ0n) is 16.0. The summed E-state index contributed by atoms with van der Waals surface area (Å²) < 4.78 is 1.87. The van der Waals surface area contributed by atoms with Crippen molar-refractivity contribution in [2.75, 3.05) is 19.6 Å². The molecule has 7 nitrogen and oxygen atoms in total. The van der Waals surface area contributed by atoms with Crippen LogP contribution in [0.3, 0.4) is 0 Å². The third-order valence-electron chi connectivity index (χ3n) is 4.85. The largest absolute Gasteiger partial charge is 0.354 e. The monoisotopic (exact) mass is 357 g/mol. The molecule has 1 aliphatic heterocycles. The quantitative estimate of drug-likeness (QED) is 0.907. The van der Waals surface area contributed by atoms with Crippen molar-refractivity contribution in [3.63, 3.8) is 0 Å². The summed E-state index contributed by atoms with van der Waals surface area (Å²) in [7, 11) is 0. The lowest BCUT2D eigenvalue weighted by Gasteiger charge is -2.17. The topological polar surface area (TPSA) is 80.1 Å². The maximum atomic E-state index is 12.0. The molecule has 7 heteroatoms. The summed E-state index contributed by atoms with van der Waals surface area (Å²) >= 11 is 0. The molecule has 0 radical (unpaired) electrons. The highest BCUT2D eigenvalue weighted by atomic mass is 16.2. The molecule has 2 aromatic rings. The molecule has 0 spiro atoms. The van der Waals surface area contributed by atoms with Gasteiger partial charge >= 0.3 is 0 Å². The lowest BCUT2D eigenvalue weighted by Crippen LogP contribution is -2.36. The van der Waals surface area contributed by atoms with E-state index >= 15 is 0 Å². The Balaban J connectivity index is 1.78. The van der Waals surface area contributed by atoms with E-state index in [2.05, 4.69) is 10.3 Å². The van der Waals surface area contributed by atoms with E-state index in [-0.39, 0.29) is 17.7 Å². The molecule has 3 heterocycles. The molecule has 0 aliphatic carbocycles. The first-order valence-electron chi connectivity index (χ1n) is 9.12. The highest BCUT2D eigenvalue weighted by Gasteiger charge is 2.29. The number of hydrogen-bond donors (Lipinski definition) is 1. The number of aromatic nitrogens is 3. The first-order chi connectivity index (χ1) is 12.3. The summed E-state index contributed by atoms with van der Waals surface area (Å²) in [4.78, 5) is 30.0. The molecule has 1 fully saturated rings. The van der Waals surface area contributed by atoms with E-state index in [9.17, 15) is 9.59 Å². The lowest BCUT2D eigenvalue weighted by atomic mass is 9.96. The van der Waals surface area contributed by atoms with Crippen LogP contribution < -0.4 is 5.32 Å². The zero-order valence-corrected chi connectivity index (χ0v) is 16.0. The van der Waals surface area contributed by atoms with Gasteiger partial charge in [0.1, 0.15) is 0 Å². The van der Waals surface area contributed by atoms with Gasteiger partial charge in [-0.25, -0.2) is 9.67 Å². The Morgan fingerprint density at radius 3 is 2.77 bits per heavy atom. The zero-order chi connectivity index (χ0) is 18.9. The third kappa shape index (κ3) is 3.71. The summed E-state index contributed by atoms with van der Waals surface area (Å²) in [5.74, 6) is 0.366. The maximum Gasteiger partial charge on any atom is 0.225 e. The summed E-state index contributed by atoms with van der Waals surface area (Å²) in [5.41, 5.74) is 1.42. The van der Waals surface area contributed by atoms with Crippen LogP contribution in [0.4, 0.5) is 0 Å². The summed E-state index contributed by atoms with van der Waals surface area (Å²) in [6.07, 6.45) is 2.68. The van der Waals surface area contributed by atoms with Gasteiger partial charge in [0, 0.05) is 49.5 Å². The molecule has 1 atom stereocenters. The SMILES string of the molecule is CC(=O)N1CC[C@H](c2nn(CCNC(=O)C(C)(C)C)c3ncccc23)C1. The molecule has 2 aromatic heterocycles. The van der Waals surface area contributed by atoms with Crippen molar-refractivity contribution in [1.82, 2.24) is 25.0 Å². The van der Waals surface area contributed by atoms with E-state index in [1.165, 1.54) is 0 Å². The lowest BCUT2D eigenvalue weighted by molar-refractivity contribution is -0.128. The Kier molecular flexibility index (Phi) is 4.98. The molecule has 0 bridgehead atoms. The van der Waals surface area contributed by atoms with E-state index in [0.29, 0.717) is 19.6 Å². The molecule has 140 valence electrons. The number of fused-ring (bicyclic) bond motifs is 1. The summed E-state index contributed by atoms with van der Waals surface area (Å²) in [5, 5.41) is 8.78. The first-order valence-corrected chi connectivity index (χ1v) is 9.12. The van der Waals surface area contributed by atoms with E-state index in [1.807, 2.05) is 42.5 Å². The van der Waals surface area contributed by atoms with Crippen LogP contribution in [0.1, 0.15) is 45.7 Å². The molecule has 3 rings (SSSR count). The first kappa shape index (κ1) is 18.4. The number of rotatable bonds is 4. The van der Waals surface area contributed by atoms with Gasteiger partial charge in [-0.2, -0.15) is 5.10 Å². The van der Waals surface area contributed by atoms with Crippen molar-refractivity contribution in [3.05, 3.63) is 24.0 Å². The molecule has 0 unspecified atom stereocenters. The van der Waals surface area contributed by atoms with Crippen LogP contribution in [-0.2, 0) is 16.1 Å². The molecule has 2 amide bonds. The molecule has 1 saturated heterocycles. The van der Waals surface area contributed by atoms with Crippen LogP contribution in [-0.4, -0.2) is 51.1 Å². The number of hydrogen-bond acceptors (Lipinski definition) is 4. The second-order valence-electron chi connectivity index (χ2n) is 7.94. The number of likely N-dealkylation sites (tertiary alicyclic amines) is 1. The van der Waals surface area contributed by atoms with Crippen molar-refractivity contribution < 1.29 is 9.59 Å². The average Bonchev–Trinajstić information content (AvgIpc) is 3.19. The minimum Gasteiger partial charge on any atom is -0.354 e. The van der Waals surface area contributed by atoms with Gasteiger partial charge in [0.15, 0.2) is 5.65 Å². The highest BCUT2D eigenvalue weighted by Crippen LogP contribution is 2.31. The smallest absolute Gasteiger partial charge is 0.225 e. The van der Waals surface area contributed by atoms with Crippen LogP contribution in [0.2, 0.25) is 0 Å². The molecule has 1 N–H and O–H groups in total. The van der Waals surface area contributed by atoms with Gasteiger partial charge in [-0.05, 0) is 18.6 Å². The molecule has 0 saturated carbocycles. The molecule has 1 aliphatic rings. The van der Waals surface area contributed by atoms with Gasteiger partial charge in [0.2, 0.25) is 11.8 Å². The minimum atomic E-state index is -0.407. The second kappa shape index (κ2) is 7.05. The number of carbonyl (C=O) groups excluding carboxylic acids is 2. The Bertz CT molecular complexity index is 821. The van der Waals surface area contributed by atoms with E-state index in [0.717, 1.165) is 29.7 Å². The van der Waals surface area contributed by atoms with Crippen molar-refractivity contribution in [2.24, 2.45) is 5.41 Å². The summed E-state index contributed by atoms with van der Waals surface area (Å²) in [6.45, 7) is 9.85. The van der Waals surface area contributed by atoms with Crippen LogP contribution in [0.25, 0.3) is 11.0 Å². The molecular formula is C19H27N5O2. The Hall–Kier alpha value is -2.44. The van der Waals surface area contributed by atoms with E-state index in [1.54, 1.807) is 13.1 Å². The minimum absolute atomic E-state index is 0.0232. The van der Waals surface area contributed by atoms with Gasteiger partial charge in [-0.15, -0.1) is 0 Å². The normalized spacial score (nSPS) is 17.7. The van der Waals surface area contributed by atoms with Gasteiger partial charge in [-0.1, -0.05) is 20.8 Å². The van der Waals surface area contributed by atoms with Gasteiger partial charge < -0.3 is 10.2 Å². The van der Waals surface area contributed by atoms with Gasteiger partial charge in [-0.3, -0.25) is 9.59 Å². The summed E-state index contributed by atoms with van der Waals surface area (Å²) in [6, 6.07) is 3.95. The fourth-order valence-electron chi connectivity index (χ4n) is 3.30. The number of nitrogens with zero attached hydrogens (tertiary/aromatic N) is 4. The standard InChI is InChI=1S/C19H27N5O2/c1-13(25)23-10-7-14(12-23)16-15-6-5-8-20-17(15)24(22-16)11-9-21-18(26)19(2,3)4/h5-6,8,14H,7,9-12H2,1-4H3,(H,21,26)/t14-/m0/s1. The fourth-order valence-corrected chi connectivity index (χ4v) is 3.30. The van der Waals surface area contributed by atoms with E-state index < -0.39 is 5.41 Å². The maximum absolute atomic E-state index is 12.0. The van der Waals surface area contributed by atoms with Crippen molar-refractivity contribution in [2.45, 2.75) is 46.6 Å². The molecular weight excluding hydrogens is 330 g/mol. The highest BCUT2D eigenvalue weighted by molar-refractivity contribution is 5.81. The molecule has 26 heavy (non-hydrogen) atoms. The van der Waals surface area contributed by atoms with Crippen molar-refractivity contribution >= 4 is 22.8 Å². The Morgan fingerprint density at radius 2 is 2.12 bits per heavy atom. The predicted octanol–water partition coefficient (Wildman–Crippen LogP) is 1.93. The van der Waals surface area contributed by atoms with Crippen LogP contribution in [0.5, 0.6) is 0 Å². The van der Waals surface area contributed by atoms with Gasteiger partial charge in [0.25, 0.3) is 0 Å². The van der Waals surface area contributed by atoms with Crippen molar-refractivity contribution in [1.29, 1.82) is 0 Å². The Morgan fingerprint density at radius 1 is 1.35 bits per heavy atom. The Labute approximate surface area is 153 Å². The number of pyridine rings is 1. The third-order valence-corrected chi connectivity index (χ3v) is 4.85. The van der Waals surface area contributed by atoms with Crippen LogP contribution >= 0.6 is 0 Å². The number of amides is 2.